The van der Waals surface area contributed by atoms with E-state index in [-0.39, 0.29) is 11.5 Å². The number of aromatic hydroxyl groups is 2. The first kappa shape index (κ1) is 15.1. The monoisotopic (exact) mass is 264 g/mol. The van der Waals surface area contributed by atoms with Gasteiger partial charge >= 0.3 is 5.97 Å². The van der Waals surface area contributed by atoms with Gasteiger partial charge in [-0.25, -0.2) is 4.79 Å². The molecule has 1 rings (SSSR count). The maximum Gasteiger partial charge on any atom is 0.330 e. The number of carbonyl (C=O) groups excluding carboxylic acids is 1. The molecule has 0 heterocycles. The van der Waals surface area contributed by atoms with Gasteiger partial charge in [0.1, 0.15) is 11.5 Å². The number of esters is 1. The van der Waals surface area contributed by atoms with Crippen LogP contribution >= 0.6 is 0 Å². The summed E-state index contributed by atoms with van der Waals surface area (Å²) < 4.78 is 4.56. The number of ether oxygens (including phenoxy) is 1. The minimum Gasteiger partial charge on any atom is -0.507 e. The van der Waals surface area contributed by atoms with Crippen LogP contribution in [0.5, 0.6) is 11.5 Å². The Morgan fingerprint density at radius 3 is 2.16 bits per heavy atom. The Morgan fingerprint density at radius 1 is 1.11 bits per heavy atom. The highest BCUT2D eigenvalue weighted by Gasteiger charge is 2.16. The highest BCUT2D eigenvalue weighted by atomic mass is 16.5. The number of benzene rings is 1. The summed E-state index contributed by atoms with van der Waals surface area (Å²) in [6.07, 6.45) is 1.77. The zero-order valence-corrected chi connectivity index (χ0v) is 12.0. The lowest BCUT2D eigenvalue weighted by Gasteiger charge is -2.16. The van der Waals surface area contributed by atoms with Crippen LogP contribution in [0.1, 0.15) is 29.2 Å². The number of hydrogen-bond donors (Lipinski definition) is 2. The summed E-state index contributed by atoms with van der Waals surface area (Å²) in [6, 6.07) is 0. The topological polar surface area (TPSA) is 66.8 Å². The van der Waals surface area contributed by atoms with Gasteiger partial charge in [-0.05, 0) is 50.8 Å². The second-order valence-electron chi connectivity index (χ2n) is 4.74. The Labute approximate surface area is 113 Å². The van der Waals surface area contributed by atoms with Gasteiger partial charge in [-0.15, -0.1) is 0 Å². The minimum atomic E-state index is -0.428. The molecule has 0 aliphatic rings. The quantitative estimate of drug-likeness (QED) is 0.500. The van der Waals surface area contributed by atoms with Crippen LogP contribution in [0.3, 0.4) is 0 Å². The molecule has 104 valence electrons. The van der Waals surface area contributed by atoms with Crippen LogP contribution in [0, 0.1) is 20.8 Å². The Morgan fingerprint density at radius 2 is 1.63 bits per heavy atom. The summed E-state index contributed by atoms with van der Waals surface area (Å²) in [6.45, 7) is 7.05. The summed E-state index contributed by atoms with van der Waals surface area (Å²) in [7, 11) is 1.32. The predicted molar refractivity (Wildman–Crippen MR) is 73.5 cm³/mol. The molecule has 19 heavy (non-hydrogen) atoms. The number of carbonyl (C=O) groups is 1. The summed E-state index contributed by atoms with van der Waals surface area (Å²) in [5.74, 6) is -0.0655. The molecule has 0 aromatic heterocycles. The van der Waals surface area contributed by atoms with Crippen molar-refractivity contribution >= 4 is 5.97 Å². The zero-order valence-electron chi connectivity index (χ0n) is 12.0. The first-order chi connectivity index (χ1) is 8.79. The molecule has 1 aromatic rings. The molecule has 4 heteroatoms. The molecule has 0 aliphatic carbocycles. The van der Waals surface area contributed by atoms with E-state index in [1.807, 2.05) is 0 Å². The highest BCUT2D eigenvalue weighted by Crippen LogP contribution is 2.37. The molecule has 0 atom stereocenters. The molecule has 0 saturated heterocycles. The average molecular weight is 264 g/mol. The fourth-order valence-electron chi connectivity index (χ4n) is 1.99. The maximum absolute atomic E-state index is 11.2. The van der Waals surface area contributed by atoms with Gasteiger partial charge < -0.3 is 14.9 Å². The summed E-state index contributed by atoms with van der Waals surface area (Å²) in [5.41, 5.74) is 3.36. The third-order valence-electron chi connectivity index (χ3n) is 3.39. The lowest BCUT2D eigenvalue weighted by molar-refractivity contribution is -0.134. The Kier molecular flexibility index (Phi) is 4.59. The SMILES string of the molecule is COC(=O)/C=C(\C)Cc1c(C)c(O)c(C)c(C)c1O. The van der Waals surface area contributed by atoms with Gasteiger partial charge in [-0.2, -0.15) is 0 Å². The standard InChI is InChI=1S/C15H20O4/c1-8(7-13(16)19-5)6-12-11(4)14(17)9(2)10(3)15(12)18/h7,17-18H,6H2,1-5H3/b8-7+. The largest absolute Gasteiger partial charge is 0.507 e. The molecule has 0 aliphatic heterocycles. The van der Waals surface area contributed by atoms with Gasteiger partial charge in [0.05, 0.1) is 7.11 Å². The van der Waals surface area contributed by atoms with Gasteiger partial charge in [-0.3, -0.25) is 0 Å². The van der Waals surface area contributed by atoms with Gasteiger partial charge in [0.2, 0.25) is 0 Å². The van der Waals surface area contributed by atoms with E-state index in [1.165, 1.54) is 13.2 Å². The fraction of sp³-hybridized carbons (Fsp3) is 0.400. The number of rotatable bonds is 3. The molecular formula is C15H20O4. The van der Waals surface area contributed by atoms with Gasteiger partial charge in [0.25, 0.3) is 0 Å². The van der Waals surface area contributed by atoms with Crippen molar-refractivity contribution < 1.29 is 19.7 Å². The average Bonchev–Trinajstić information content (AvgIpc) is 2.39. The number of phenolic OH excluding ortho intramolecular Hbond substituents is 2. The van der Waals surface area contributed by atoms with E-state index in [9.17, 15) is 15.0 Å². The molecule has 1 aromatic carbocycles. The zero-order chi connectivity index (χ0) is 14.7. The molecule has 0 fully saturated rings. The predicted octanol–water partition coefficient (Wildman–Crippen LogP) is 2.68. The first-order valence-corrected chi connectivity index (χ1v) is 6.05. The summed E-state index contributed by atoms with van der Waals surface area (Å²) in [5, 5.41) is 20.2. The van der Waals surface area contributed by atoms with Crippen molar-refractivity contribution in [3.05, 3.63) is 33.9 Å². The van der Waals surface area contributed by atoms with E-state index in [0.717, 1.165) is 5.57 Å². The van der Waals surface area contributed by atoms with E-state index >= 15 is 0 Å². The molecular weight excluding hydrogens is 244 g/mol. The molecule has 0 saturated carbocycles. The first-order valence-electron chi connectivity index (χ1n) is 6.05. The van der Waals surface area contributed by atoms with E-state index in [4.69, 9.17) is 0 Å². The van der Waals surface area contributed by atoms with Crippen molar-refractivity contribution in [2.75, 3.05) is 7.11 Å². The Balaban J connectivity index is 3.23. The molecule has 0 spiro atoms. The van der Waals surface area contributed by atoms with Crippen molar-refractivity contribution in [3.8, 4) is 11.5 Å². The van der Waals surface area contributed by atoms with Crippen LogP contribution in [0.25, 0.3) is 0 Å². The fourth-order valence-corrected chi connectivity index (χ4v) is 1.99. The third-order valence-corrected chi connectivity index (χ3v) is 3.39. The molecule has 0 amide bonds. The Bertz CT molecular complexity index is 513. The van der Waals surface area contributed by atoms with Crippen molar-refractivity contribution in [3.63, 3.8) is 0 Å². The van der Waals surface area contributed by atoms with E-state index in [2.05, 4.69) is 4.74 Å². The molecule has 2 N–H and O–H groups in total. The lowest BCUT2D eigenvalue weighted by Crippen LogP contribution is -2.01. The third kappa shape index (κ3) is 3.08. The van der Waals surface area contributed by atoms with Crippen LogP contribution in [-0.2, 0) is 16.0 Å². The van der Waals surface area contributed by atoms with Crippen molar-refractivity contribution in [2.24, 2.45) is 0 Å². The molecule has 0 unspecified atom stereocenters. The maximum atomic E-state index is 11.2. The number of hydrogen-bond acceptors (Lipinski definition) is 4. The van der Waals surface area contributed by atoms with Crippen LogP contribution < -0.4 is 0 Å². The Hall–Kier alpha value is -1.97. The van der Waals surface area contributed by atoms with Gasteiger partial charge in [0.15, 0.2) is 0 Å². The van der Waals surface area contributed by atoms with Crippen LogP contribution in [-0.4, -0.2) is 23.3 Å². The summed E-state index contributed by atoms with van der Waals surface area (Å²) >= 11 is 0. The summed E-state index contributed by atoms with van der Waals surface area (Å²) in [4.78, 5) is 11.2. The minimum absolute atomic E-state index is 0.172. The number of allylic oxidation sites excluding steroid dienone is 1. The highest BCUT2D eigenvalue weighted by molar-refractivity contribution is 5.82. The van der Waals surface area contributed by atoms with E-state index < -0.39 is 5.97 Å². The normalized spacial score (nSPS) is 11.5. The van der Waals surface area contributed by atoms with Gasteiger partial charge in [0, 0.05) is 11.6 Å². The lowest BCUT2D eigenvalue weighted by atomic mass is 9.93. The van der Waals surface area contributed by atoms with Crippen LogP contribution in [0.2, 0.25) is 0 Å². The second-order valence-corrected chi connectivity index (χ2v) is 4.74. The molecule has 4 nitrogen and oxygen atoms in total. The van der Waals surface area contributed by atoms with E-state index in [0.29, 0.717) is 28.7 Å². The van der Waals surface area contributed by atoms with Crippen LogP contribution in [0.4, 0.5) is 0 Å². The second kappa shape index (κ2) is 5.78. The smallest absolute Gasteiger partial charge is 0.330 e. The van der Waals surface area contributed by atoms with Crippen molar-refractivity contribution in [1.82, 2.24) is 0 Å². The van der Waals surface area contributed by atoms with Gasteiger partial charge in [-0.1, -0.05) is 5.57 Å². The van der Waals surface area contributed by atoms with Crippen molar-refractivity contribution in [1.29, 1.82) is 0 Å². The number of methoxy groups -OCH3 is 1. The van der Waals surface area contributed by atoms with E-state index in [1.54, 1.807) is 27.7 Å². The van der Waals surface area contributed by atoms with Crippen LogP contribution in [0.15, 0.2) is 11.6 Å². The van der Waals surface area contributed by atoms with Crippen molar-refractivity contribution in [2.45, 2.75) is 34.1 Å². The number of phenols is 2. The molecule has 0 radical (unpaired) electrons. The molecule has 0 bridgehead atoms.